The van der Waals surface area contributed by atoms with Gasteiger partial charge in [-0.2, -0.15) is 4.98 Å². The van der Waals surface area contributed by atoms with Crippen molar-refractivity contribution in [1.82, 2.24) is 19.8 Å². The second-order valence-corrected chi connectivity index (χ2v) is 9.77. The van der Waals surface area contributed by atoms with Gasteiger partial charge in [-0.05, 0) is 50.5 Å². The van der Waals surface area contributed by atoms with Crippen LogP contribution in [-0.4, -0.2) is 85.7 Å². The predicted molar refractivity (Wildman–Crippen MR) is 160 cm³/mol. The monoisotopic (exact) mass is 564 g/mol. The van der Waals surface area contributed by atoms with E-state index in [0.29, 0.717) is 17.1 Å². The molecule has 2 aromatic carbocycles. The molecule has 40 heavy (non-hydrogen) atoms. The van der Waals surface area contributed by atoms with Crippen molar-refractivity contribution in [2.45, 2.75) is 0 Å². The Morgan fingerprint density at radius 2 is 1.70 bits per heavy atom. The van der Waals surface area contributed by atoms with Gasteiger partial charge in [-0.1, -0.05) is 30.3 Å². The maximum atomic E-state index is 12.7. The molecule has 0 fully saturated rings. The molecule has 0 aliphatic carbocycles. The first-order valence-electron chi connectivity index (χ1n) is 12.3. The zero-order chi connectivity index (χ0) is 29.4. The highest BCUT2D eigenvalue weighted by molar-refractivity contribution is 6.43. The maximum absolute atomic E-state index is 12.7. The van der Waals surface area contributed by atoms with Crippen molar-refractivity contribution in [3.8, 4) is 0 Å². The van der Waals surface area contributed by atoms with E-state index < -0.39 is 11.7 Å². The molecule has 0 aliphatic rings. The van der Waals surface area contributed by atoms with Crippen molar-refractivity contribution >= 4 is 63.7 Å². The molecule has 0 radical (unpaired) electrons. The largest absolute Gasteiger partial charge is 0.372 e. The molecule has 0 bridgehead atoms. The quantitative estimate of drug-likeness (QED) is 0.170. The molecule has 210 valence electrons. The Hall–Kier alpha value is -4.48. The fourth-order valence-electron chi connectivity index (χ4n) is 3.58. The number of amides is 2. The first-order valence-corrected chi connectivity index (χ1v) is 12.7. The van der Waals surface area contributed by atoms with Gasteiger partial charge >= 0.3 is 0 Å². The van der Waals surface area contributed by atoms with E-state index in [9.17, 15) is 14.4 Å². The molecule has 12 heteroatoms. The zero-order valence-corrected chi connectivity index (χ0v) is 23.9. The molecule has 3 rings (SSSR count). The van der Waals surface area contributed by atoms with Gasteiger partial charge in [0.15, 0.2) is 5.82 Å². The third-order valence-electron chi connectivity index (χ3n) is 5.76. The predicted octanol–water partition coefficient (Wildman–Crippen LogP) is 4.01. The summed E-state index contributed by atoms with van der Waals surface area (Å²) in [4.78, 5) is 51.2. The first-order chi connectivity index (χ1) is 19.0. The van der Waals surface area contributed by atoms with Crippen molar-refractivity contribution in [3.63, 3.8) is 0 Å². The topological polar surface area (TPSA) is 123 Å². The number of anilines is 6. The van der Waals surface area contributed by atoms with Crippen molar-refractivity contribution in [3.05, 3.63) is 71.9 Å². The van der Waals surface area contributed by atoms with Crippen LogP contribution in [0.2, 0.25) is 5.02 Å². The second-order valence-electron chi connectivity index (χ2n) is 9.36. The van der Waals surface area contributed by atoms with Crippen LogP contribution in [0.1, 0.15) is 10.4 Å². The van der Waals surface area contributed by atoms with Crippen LogP contribution in [0.3, 0.4) is 0 Å². The van der Waals surface area contributed by atoms with E-state index in [2.05, 4.69) is 37.4 Å². The van der Waals surface area contributed by atoms with Crippen molar-refractivity contribution in [2.75, 3.05) is 69.2 Å². The Labute approximate surface area is 238 Å². The highest BCUT2D eigenvalue weighted by Gasteiger charge is 2.22. The van der Waals surface area contributed by atoms with E-state index in [4.69, 9.17) is 11.6 Å². The summed E-state index contributed by atoms with van der Waals surface area (Å²) in [5.41, 5.74) is 2.58. The van der Waals surface area contributed by atoms with Crippen LogP contribution in [0.5, 0.6) is 0 Å². The van der Waals surface area contributed by atoms with Gasteiger partial charge in [0.1, 0.15) is 5.02 Å². The SMILES string of the molecule is C=CC(=O)Nc1cc(Nc2ncc(Cl)c(Nc3ccccc3C(=O)C(=O)N(C)C)n2)ccc1N(C)CCN(C)C. The summed E-state index contributed by atoms with van der Waals surface area (Å²) < 4.78 is 0. The Morgan fingerprint density at radius 3 is 2.38 bits per heavy atom. The van der Waals surface area contributed by atoms with Crippen LogP contribution in [0.25, 0.3) is 0 Å². The summed E-state index contributed by atoms with van der Waals surface area (Å²) in [7, 11) is 8.97. The second kappa shape index (κ2) is 13.5. The Kier molecular flexibility index (Phi) is 10.2. The fraction of sp³-hybridized carbons (Fsp3) is 0.250. The Morgan fingerprint density at radius 1 is 0.975 bits per heavy atom. The molecule has 0 unspecified atom stereocenters. The van der Waals surface area contributed by atoms with Gasteiger partial charge in [-0.15, -0.1) is 0 Å². The molecule has 3 N–H and O–H groups in total. The van der Waals surface area contributed by atoms with E-state index in [0.717, 1.165) is 18.8 Å². The van der Waals surface area contributed by atoms with E-state index in [1.54, 1.807) is 30.3 Å². The summed E-state index contributed by atoms with van der Waals surface area (Å²) in [6, 6.07) is 12.1. The molecule has 1 aromatic heterocycles. The third kappa shape index (κ3) is 7.78. The number of hydrogen-bond donors (Lipinski definition) is 3. The number of aromatic nitrogens is 2. The zero-order valence-electron chi connectivity index (χ0n) is 23.2. The van der Waals surface area contributed by atoms with E-state index in [-0.39, 0.29) is 28.3 Å². The van der Waals surface area contributed by atoms with Crippen molar-refractivity contribution < 1.29 is 14.4 Å². The normalized spacial score (nSPS) is 10.6. The third-order valence-corrected chi connectivity index (χ3v) is 6.04. The average molecular weight is 565 g/mol. The van der Waals surface area contributed by atoms with Crippen LogP contribution < -0.4 is 20.9 Å². The lowest BCUT2D eigenvalue weighted by atomic mass is 10.1. The van der Waals surface area contributed by atoms with Gasteiger partial charge in [-0.25, -0.2) is 4.98 Å². The number of halogens is 1. The van der Waals surface area contributed by atoms with E-state index >= 15 is 0 Å². The number of likely N-dealkylation sites (N-methyl/N-ethyl adjacent to an activating group) is 3. The van der Waals surface area contributed by atoms with E-state index in [1.807, 2.05) is 38.2 Å². The van der Waals surface area contributed by atoms with Gasteiger partial charge in [0.25, 0.3) is 11.7 Å². The number of para-hydroxylation sites is 1. The number of hydrogen-bond acceptors (Lipinski definition) is 9. The smallest absolute Gasteiger partial charge is 0.294 e. The minimum absolute atomic E-state index is 0.182. The van der Waals surface area contributed by atoms with Crippen molar-refractivity contribution in [1.29, 1.82) is 0 Å². The van der Waals surface area contributed by atoms with Crippen LogP contribution in [0.4, 0.5) is 34.5 Å². The summed E-state index contributed by atoms with van der Waals surface area (Å²) >= 11 is 6.36. The molecule has 2 amide bonds. The highest BCUT2D eigenvalue weighted by atomic mass is 35.5. The Bertz CT molecular complexity index is 1410. The number of benzene rings is 2. The van der Waals surface area contributed by atoms with Crippen LogP contribution in [-0.2, 0) is 9.59 Å². The summed E-state index contributed by atoms with van der Waals surface area (Å²) in [5.74, 6) is -1.21. The molecule has 0 saturated heterocycles. The highest BCUT2D eigenvalue weighted by Crippen LogP contribution is 2.31. The number of carbonyl (C=O) groups excluding carboxylic acids is 3. The number of carbonyl (C=O) groups is 3. The number of rotatable bonds is 12. The Balaban J connectivity index is 1.89. The molecule has 11 nitrogen and oxygen atoms in total. The minimum atomic E-state index is -0.665. The number of Topliss-reactive ketones (excluding diaryl/α,β-unsaturated/α-hetero) is 1. The maximum Gasteiger partial charge on any atom is 0.294 e. The number of nitrogens with one attached hydrogen (secondary N) is 3. The average Bonchev–Trinajstić information content (AvgIpc) is 2.93. The van der Waals surface area contributed by atoms with Gasteiger partial charge in [0, 0.05) is 39.9 Å². The molecule has 1 heterocycles. The van der Waals surface area contributed by atoms with Crippen LogP contribution in [0.15, 0.2) is 61.3 Å². The minimum Gasteiger partial charge on any atom is -0.372 e. The van der Waals surface area contributed by atoms with Gasteiger partial charge in [0.05, 0.1) is 28.8 Å². The fourth-order valence-corrected chi connectivity index (χ4v) is 3.72. The number of nitrogens with zero attached hydrogens (tertiary/aromatic N) is 5. The molecule has 0 spiro atoms. The van der Waals surface area contributed by atoms with Crippen molar-refractivity contribution in [2.24, 2.45) is 0 Å². The van der Waals surface area contributed by atoms with Crippen LogP contribution in [0, 0.1) is 0 Å². The summed E-state index contributed by atoms with van der Waals surface area (Å²) in [6.45, 7) is 5.12. The summed E-state index contributed by atoms with van der Waals surface area (Å²) in [5, 5.41) is 9.23. The van der Waals surface area contributed by atoms with Gasteiger partial charge in [0.2, 0.25) is 11.9 Å². The van der Waals surface area contributed by atoms with Gasteiger partial charge < -0.3 is 30.7 Å². The first kappa shape index (κ1) is 30.1. The molecule has 0 saturated carbocycles. The molecule has 0 atom stereocenters. The number of ketones is 1. The molecular weight excluding hydrogens is 532 g/mol. The lowest BCUT2D eigenvalue weighted by molar-refractivity contribution is -0.124. The van der Waals surface area contributed by atoms with E-state index in [1.165, 1.54) is 31.3 Å². The molecule has 0 aliphatic heterocycles. The standard InChI is InChI=1S/C28H33ClN8O3/c1-7-24(38)32-22-16-18(12-13-23(22)37(6)15-14-35(2)3)31-28-30-17-20(29)26(34-28)33-21-11-9-8-10-19(21)25(39)27(40)36(4)5/h7-13,16-17H,1,14-15H2,2-6H3,(H,32,38)(H2,30,31,33,34). The lowest BCUT2D eigenvalue weighted by Gasteiger charge is -2.24. The molecule has 3 aromatic rings. The molecular formula is C28H33ClN8O3. The lowest BCUT2D eigenvalue weighted by Crippen LogP contribution is -2.30. The summed E-state index contributed by atoms with van der Waals surface area (Å²) in [6.07, 6.45) is 2.62. The van der Waals surface area contributed by atoms with Crippen LogP contribution >= 0.6 is 11.6 Å². The van der Waals surface area contributed by atoms with Gasteiger partial charge in [-0.3, -0.25) is 14.4 Å².